The third kappa shape index (κ3) is 3.62. The average molecular weight is 350 g/mol. The molecule has 7 heteroatoms. The van der Waals surface area contributed by atoms with E-state index < -0.39 is 0 Å². The minimum atomic E-state index is -0.243. The van der Waals surface area contributed by atoms with Gasteiger partial charge in [0.1, 0.15) is 5.01 Å². The van der Waals surface area contributed by atoms with E-state index in [0.717, 1.165) is 17.1 Å². The van der Waals surface area contributed by atoms with Crippen LogP contribution in [0.15, 0.2) is 17.5 Å². The fourth-order valence-corrected chi connectivity index (χ4v) is 3.32. The zero-order chi connectivity index (χ0) is 17.7. The molecule has 1 N–H and O–H groups in total. The van der Waals surface area contributed by atoms with E-state index in [1.807, 2.05) is 19.2 Å². The first-order valence-corrected chi connectivity index (χ1v) is 8.45. The van der Waals surface area contributed by atoms with E-state index in [1.54, 1.807) is 23.5 Å². The van der Waals surface area contributed by atoms with Crippen molar-refractivity contribution in [2.75, 3.05) is 21.3 Å². The van der Waals surface area contributed by atoms with Crippen LogP contribution in [0.1, 0.15) is 40.4 Å². The van der Waals surface area contributed by atoms with Crippen LogP contribution < -0.4 is 19.5 Å². The monoisotopic (exact) mass is 350 g/mol. The Morgan fingerprint density at radius 3 is 2.42 bits per heavy atom. The van der Waals surface area contributed by atoms with Crippen molar-refractivity contribution in [2.24, 2.45) is 0 Å². The second-order valence-electron chi connectivity index (χ2n) is 5.14. The summed E-state index contributed by atoms with van der Waals surface area (Å²) in [4.78, 5) is 17.2. The van der Waals surface area contributed by atoms with Gasteiger partial charge in [-0.3, -0.25) is 4.79 Å². The summed E-state index contributed by atoms with van der Waals surface area (Å²) in [6.45, 7) is 3.94. The number of hydrogen-bond acceptors (Lipinski definition) is 6. The Morgan fingerprint density at radius 1 is 1.21 bits per heavy atom. The second kappa shape index (κ2) is 8.01. The Bertz CT molecular complexity index is 715. The lowest BCUT2D eigenvalue weighted by Gasteiger charge is -2.18. The van der Waals surface area contributed by atoms with E-state index >= 15 is 0 Å². The van der Waals surface area contributed by atoms with Gasteiger partial charge in [0.2, 0.25) is 5.75 Å². The molecular weight excluding hydrogens is 328 g/mol. The standard InChI is InChI=1S/C17H22N2O4S/c1-6-12(17-18-10(2)9-24-17)19-16(20)11-7-8-13(21-3)15(23-5)14(11)22-4/h7-9,12H,6H2,1-5H3,(H,19,20). The molecule has 0 spiro atoms. The van der Waals surface area contributed by atoms with Crippen molar-refractivity contribution in [1.82, 2.24) is 10.3 Å². The summed E-state index contributed by atoms with van der Waals surface area (Å²) >= 11 is 1.54. The van der Waals surface area contributed by atoms with E-state index in [1.165, 1.54) is 21.3 Å². The molecule has 0 bridgehead atoms. The van der Waals surface area contributed by atoms with Gasteiger partial charge >= 0.3 is 0 Å². The maximum Gasteiger partial charge on any atom is 0.255 e. The number of thiazole rings is 1. The van der Waals surface area contributed by atoms with Gasteiger partial charge in [0.15, 0.2) is 11.5 Å². The van der Waals surface area contributed by atoms with Crippen LogP contribution >= 0.6 is 11.3 Å². The number of aryl methyl sites for hydroxylation is 1. The summed E-state index contributed by atoms with van der Waals surface area (Å²) in [5.74, 6) is 1.01. The zero-order valence-electron chi connectivity index (χ0n) is 14.5. The van der Waals surface area contributed by atoms with Crippen LogP contribution in [0.3, 0.4) is 0 Å². The van der Waals surface area contributed by atoms with Crippen LogP contribution in [-0.2, 0) is 0 Å². The van der Waals surface area contributed by atoms with Crippen molar-refractivity contribution in [3.05, 3.63) is 33.8 Å². The molecule has 1 atom stereocenters. The van der Waals surface area contributed by atoms with E-state index in [4.69, 9.17) is 14.2 Å². The normalized spacial score (nSPS) is 11.7. The topological polar surface area (TPSA) is 69.7 Å². The lowest BCUT2D eigenvalue weighted by atomic mass is 10.1. The van der Waals surface area contributed by atoms with Gasteiger partial charge in [0, 0.05) is 11.1 Å². The first-order valence-electron chi connectivity index (χ1n) is 7.57. The van der Waals surface area contributed by atoms with Gasteiger partial charge in [-0.05, 0) is 25.5 Å². The van der Waals surface area contributed by atoms with Gasteiger partial charge in [-0.1, -0.05) is 6.92 Å². The summed E-state index contributed by atoms with van der Waals surface area (Å²) in [6.07, 6.45) is 0.744. The number of methoxy groups -OCH3 is 3. The maximum absolute atomic E-state index is 12.7. The quantitative estimate of drug-likeness (QED) is 0.829. The van der Waals surface area contributed by atoms with Crippen molar-refractivity contribution in [3.8, 4) is 17.2 Å². The molecule has 1 aromatic carbocycles. The molecule has 1 aromatic heterocycles. The molecule has 6 nitrogen and oxygen atoms in total. The van der Waals surface area contributed by atoms with Crippen molar-refractivity contribution in [1.29, 1.82) is 0 Å². The molecule has 2 aromatic rings. The number of ether oxygens (including phenoxy) is 3. The summed E-state index contributed by atoms with van der Waals surface area (Å²) in [5.41, 5.74) is 1.34. The van der Waals surface area contributed by atoms with Crippen molar-refractivity contribution in [3.63, 3.8) is 0 Å². The fourth-order valence-electron chi connectivity index (χ4n) is 2.39. The summed E-state index contributed by atoms with van der Waals surface area (Å²) in [5, 5.41) is 5.87. The largest absolute Gasteiger partial charge is 0.493 e. The highest BCUT2D eigenvalue weighted by Crippen LogP contribution is 2.39. The first-order chi connectivity index (χ1) is 11.5. The lowest BCUT2D eigenvalue weighted by Crippen LogP contribution is -2.28. The number of aromatic nitrogens is 1. The number of amides is 1. The Morgan fingerprint density at radius 2 is 1.92 bits per heavy atom. The SMILES string of the molecule is CCC(NC(=O)c1ccc(OC)c(OC)c1OC)c1nc(C)cs1. The summed E-state index contributed by atoms with van der Waals surface area (Å²) < 4.78 is 15.9. The van der Waals surface area contributed by atoms with Crippen molar-refractivity contribution < 1.29 is 19.0 Å². The number of nitrogens with one attached hydrogen (secondary N) is 1. The minimum Gasteiger partial charge on any atom is -0.493 e. The van der Waals surface area contributed by atoms with E-state index in [9.17, 15) is 4.79 Å². The van der Waals surface area contributed by atoms with Gasteiger partial charge in [-0.25, -0.2) is 4.98 Å². The lowest BCUT2D eigenvalue weighted by molar-refractivity contribution is 0.0931. The molecule has 1 amide bonds. The second-order valence-corrected chi connectivity index (χ2v) is 6.03. The van der Waals surface area contributed by atoms with Crippen LogP contribution in [0.2, 0.25) is 0 Å². The molecule has 2 rings (SSSR count). The maximum atomic E-state index is 12.7. The first kappa shape index (κ1) is 18.1. The number of carbonyl (C=O) groups is 1. The van der Waals surface area contributed by atoms with E-state index in [-0.39, 0.29) is 11.9 Å². The van der Waals surface area contributed by atoms with Crippen LogP contribution in [0, 0.1) is 6.92 Å². The van der Waals surface area contributed by atoms with Gasteiger partial charge < -0.3 is 19.5 Å². The Balaban J connectivity index is 2.32. The molecule has 0 aliphatic rings. The van der Waals surface area contributed by atoms with Gasteiger partial charge in [-0.15, -0.1) is 11.3 Å². The van der Waals surface area contributed by atoms with Crippen LogP contribution in [0.5, 0.6) is 17.2 Å². The highest BCUT2D eigenvalue weighted by atomic mass is 32.1. The molecule has 0 saturated heterocycles. The number of hydrogen-bond donors (Lipinski definition) is 1. The Kier molecular flexibility index (Phi) is 6.03. The minimum absolute atomic E-state index is 0.144. The number of benzene rings is 1. The molecule has 1 heterocycles. The fraction of sp³-hybridized carbons (Fsp3) is 0.412. The van der Waals surface area contributed by atoms with Crippen molar-refractivity contribution >= 4 is 17.2 Å². The predicted octanol–water partition coefficient (Wildman–Crippen LogP) is 3.36. The van der Waals surface area contributed by atoms with Crippen LogP contribution in [0.4, 0.5) is 0 Å². The number of carbonyl (C=O) groups excluding carboxylic acids is 1. The number of rotatable bonds is 7. The molecule has 130 valence electrons. The molecule has 0 saturated carbocycles. The molecule has 24 heavy (non-hydrogen) atoms. The molecule has 0 radical (unpaired) electrons. The Labute approximate surface area is 145 Å². The predicted molar refractivity (Wildman–Crippen MR) is 93.4 cm³/mol. The van der Waals surface area contributed by atoms with Crippen LogP contribution in [0.25, 0.3) is 0 Å². The van der Waals surface area contributed by atoms with Crippen LogP contribution in [-0.4, -0.2) is 32.2 Å². The molecule has 1 unspecified atom stereocenters. The summed E-state index contributed by atoms with van der Waals surface area (Å²) in [6, 6.07) is 3.20. The third-order valence-electron chi connectivity index (χ3n) is 3.60. The molecule has 0 aliphatic carbocycles. The highest BCUT2D eigenvalue weighted by Gasteiger charge is 2.23. The van der Waals surface area contributed by atoms with Gasteiger partial charge in [-0.2, -0.15) is 0 Å². The molecule has 0 aliphatic heterocycles. The summed E-state index contributed by atoms with van der Waals surface area (Å²) in [7, 11) is 4.54. The molecular formula is C17H22N2O4S. The van der Waals surface area contributed by atoms with E-state index in [0.29, 0.717) is 22.8 Å². The highest BCUT2D eigenvalue weighted by molar-refractivity contribution is 7.09. The Hall–Kier alpha value is -2.28. The number of nitrogens with zero attached hydrogens (tertiary/aromatic N) is 1. The average Bonchev–Trinajstić information content (AvgIpc) is 3.03. The third-order valence-corrected chi connectivity index (χ3v) is 4.67. The molecule has 0 fully saturated rings. The zero-order valence-corrected chi connectivity index (χ0v) is 15.3. The van der Waals surface area contributed by atoms with Gasteiger partial charge in [0.05, 0.1) is 32.9 Å². The van der Waals surface area contributed by atoms with Gasteiger partial charge in [0.25, 0.3) is 5.91 Å². The van der Waals surface area contributed by atoms with Crippen molar-refractivity contribution in [2.45, 2.75) is 26.3 Å². The van der Waals surface area contributed by atoms with E-state index in [2.05, 4.69) is 10.3 Å². The smallest absolute Gasteiger partial charge is 0.255 e.